The Hall–Kier alpha value is -2.29. The summed E-state index contributed by atoms with van der Waals surface area (Å²) >= 11 is 1.56. The lowest BCUT2D eigenvalue weighted by molar-refractivity contribution is 0.120. The van der Waals surface area contributed by atoms with Crippen LogP contribution in [0.1, 0.15) is 69.5 Å². The largest absolute Gasteiger partial charge is 0.365 e. The van der Waals surface area contributed by atoms with Crippen molar-refractivity contribution in [3.05, 3.63) is 40.4 Å². The third-order valence-corrected chi connectivity index (χ3v) is 9.14. The zero-order chi connectivity index (χ0) is 23.6. The fourth-order valence-electron chi connectivity index (χ4n) is 6.12. The first kappa shape index (κ1) is 23.1. The Labute approximate surface area is 210 Å². The van der Waals surface area contributed by atoms with E-state index in [1.807, 2.05) is 18.2 Å². The SMILES string of the molecule is O=c1[nH]c(C2CCN(C3CCCCC3)CC2)nc(NC2CCCNC2)c1-c1nc2ccccc2s1. The number of nitrogens with one attached hydrogen (secondary N) is 3. The molecule has 3 aliphatic rings. The number of nitrogens with zero attached hydrogens (tertiary/aromatic N) is 3. The predicted molar refractivity (Wildman–Crippen MR) is 143 cm³/mol. The van der Waals surface area contributed by atoms with Gasteiger partial charge in [-0.1, -0.05) is 31.4 Å². The van der Waals surface area contributed by atoms with Gasteiger partial charge >= 0.3 is 0 Å². The van der Waals surface area contributed by atoms with Gasteiger partial charge in [0.05, 0.1) is 10.2 Å². The number of aromatic amines is 1. The summed E-state index contributed by atoms with van der Waals surface area (Å²) in [6.45, 7) is 4.15. The maximum absolute atomic E-state index is 13.5. The van der Waals surface area contributed by atoms with Crippen LogP contribution in [0, 0.1) is 0 Å². The number of thiazole rings is 1. The molecule has 1 aliphatic carbocycles. The highest BCUT2D eigenvalue weighted by Crippen LogP contribution is 2.34. The summed E-state index contributed by atoms with van der Waals surface area (Å²) in [4.78, 5) is 29.3. The van der Waals surface area contributed by atoms with E-state index < -0.39 is 0 Å². The summed E-state index contributed by atoms with van der Waals surface area (Å²) < 4.78 is 1.09. The molecule has 7 nitrogen and oxygen atoms in total. The molecule has 0 amide bonds. The number of hydrogen-bond donors (Lipinski definition) is 3. The van der Waals surface area contributed by atoms with Gasteiger partial charge < -0.3 is 20.5 Å². The molecule has 4 heterocycles. The minimum Gasteiger partial charge on any atom is -0.365 e. The van der Waals surface area contributed by atoms with E-state index in [2.05, 4.69) is 26.6 Å². The Kier molecular flexibility index (Phi) is 6.85. The van der Waals surface area contributed by atoms with Crippen LogP contribution in [0.4, 0.5) is 5.82 Å². The lowest BCUT2D eigenvalue weighted by atomic mass is 9.90. The van der Waals surface area contributed by atoms with Crippen LogP contribution >= 0.6 is 11.3 Å². The standard InChI is InChI=1S/C27H36N6OS/c34-26-23(27-30-21-10-4-5-11-22(21)35-27)25(29-19-7-6-14-28-17-19)31-24(32-26)18-12-15-33(16-13-18)20-8-2-1-3-9-20/h4-5,10-11,18-20,28H,1-3,6-9,12-17H2,(H2,29,31,32,34). The van der Waals surface area contributed by atoms with Crippen molar-refractivity contribution in [3.8, 4) is 10.6 Å². The highest BCUT2D eigenvalue weighted by atomic mass is 32.1. The van der Waals surface area contributed by atoms with Crippen molar-refractivity contribution >= 4 is 27.4 Å². The molecule has 0 radical (unpaired) electrons. The zero-order valence-electron chi connectivity index (χ0n) is 20.4. The van der Waals surface area contributed by atoms with Gasteiger partial charge in [0, 0.05) is 24.5 Å². The minimum absolute atomic E-state index is 0.0740. The Morgan fingerprint density at radius 1 is 0.971 bits per heavy atom. The highest BCUT2D eigenvalue weighted by molar-refractivity contribution is 7.21. The summed E-state index contributed by atoms with van der Waals surface area (Å²) in [6.07, 6.45) is 11.2. The molecule has 8 heteroatoms. The smallest absolute Gasteiger partial charge is 0.263 e. The lowest BCUT2D eigenvalue weighted by Crippen LogP contribution is -2.42. The fourth-order valence-corrected chi connectivity index (χ4v) is 7.13. The Morgan fingerprint density at radius 3 is 2.57 bits per heavy atom. The minimum atomic E-state index is -0.0740. The first-order valence-corrected chi connectivity index (χ1v) is 14.3. The number of aromatic nitrogens is 3. The molecular weight excluding hydrogens is 456 g/mol. The number of para-hydroxylation sites is 1. The van der Waals surface area contributed by atoms with E-state index in [0.29, 0.717) is 17.3 Å². The van der Waals surface area contributed by atoms with Gasteiger partial charge in [-0.25, -0.2) is 9.97 Å². The van der Waals surface area contributed by atoms with Gasteiger partial charge in [0.25, 0.3) is 5.56 Å². The third kappa shape index (κ3) is 5.01. The van der Waals surface area contributed by atoms with Crippen molar-refractivity contribution in [1.82, 2.24) is 25.2 Å². The lowest BCUT2D eigenvalue weighted by Gasteiger charge is -2.39. The number of likely N-dealkylation sites (tertiary alicyclic amines) is 1. The Morgan fingerprint density at radius 2 is 1.80 bits per heavy atom. The molecule has 35 heavy (non-hydrogen) atoms. The van der Waals surface area contributed by atoms with E-state index >= 15 is 0 Å². The maximum atomic E-state index is 13.5. The molecule has 2 aromatic heterocycles. The van der Waals surface area contributed by atoms with Gasteiger partial charge in [0.1, 0.15) is 22.2 Å². The van der Waals surface area contributed by atoms with Crippen molar-refractivity contribution < 1.29 is 0 Å². The maximum Gasteiger partial charge on any atom is 0.263 e. The van der Waals surface area contributed by atoms with Crippen LogP contribution in [-0.4, -0.2) is 58.1 Å². The van der Waals surface area contributed by atoms with Crippen molar-refractivity contribution in [1.29, 1.82) is 0 Å². The van der Waals surface area contributed by atoms with Gasteiger partial charge in [0.2, 0.25) is 0 Å². The molecule has 3 fully saturated rings. The van der Waals surface area contributed by atoms with E-state index in [0.717, 1.165) is 79.0 Å². The van der Waals surface area contributed by atoms with Gasteiger partial charge in [-0.05, 0) is 70.3 Å². The molecule has 6 rings (SSSR count). The number of hydrogen-bond acceptors (Lipinski definition) is 7. The quantitative estimate of drug-likeness (QED) is 0.478. The van der Waals surface area contributed by atoms with Crippen molar-refractivity contribution in [2.45, 2.75) is 75.8 Å². The number of piperidine rings is 2. The van der Waals surface area contributed by atoms with Gasteiger partial charge in [0.15, 0.2) is 0 Å². The normalized spacial score (nSPS) is 23.0. The molecular formula is C27H36N6OS. The number of H-pyrrole nitrogens is 1. The molecule has 3 N–H and O–H groups in total. The number of benzene rings is 1. The molecule has 1 unspecified atom stereocenters. The molecule has 2 aliphatic heterocycles. The molecule has 1 saturated carbocycles. The van der Waals surface area contributed by atoms with E-state index in [1.165, 1.54) is 32.1 Å². The average Bonchev–Trinajstić information content (AvgIpc) is 3.33. The van der Waals surface area contributed by atoms with E-state index in [-0.39, 0.29) is 11.6 Å². The van der Waals surface area contributed by atoms with Crippen LogP contribution in [0.15, 0.2) is 29.1 Å². The summed E-state index contributed by atoms with van der Waals surface area (Å²) in [5.41, 5.74) is 1.44. The highest BCUT2D eigenvalue weighted by Gasteiger charge is 2.29. The first-order chi connectivity index (χ1) is 17.2. The molecule has 186 valence electrons. The molecule has 2 saturated heterocycles. The molecule has 3 aromatic rings. The van der Waals surface area contributed by atoms with Crippen LogP contribution in [0.5, 0.6) is 0 Å². The number of anilines is 1. The van der Waals surface area contributed by atoms with E-state index in [4.69, 9.17) is 9.97 Å². The fraction of sp³-hybridized carbons (Fsp3) is 0.593. The van der Waals surface area contributed by atoms with Crippen LogP contribution in [0.2, 0.25) is 0 Å². The van der Waals surface area contributed by atoms with Gasteiger partial charge in [-0.3, -0.25) is 4.79 Å². The monoisotopic (exact) mass is 492 g/mol. The predicted octanol–water partition coefficient (Wildman–Crippen LogP) is 4.72. The van der Waals surface area contributed by atoms with Gasteiger partial charge in [-0.15, -0.1) is 11.3 Å². The average molecular weight is 493 g/mol. The topological polar surface area (TPSA) is 85.9 Å². The van der Waals surface area contributed by atoms with Crippen molar-refractivity contribution in [2.24, 2.45) is 0 Å². The molecule has 1 aromatic carbocycles. The van der Waals surface area contributed by atoms with Gasteiger partial charge in [-0.2, -0.15) is 0 Å². The summed E-state index contributed by atoms with van der Waals surface area (Å²) in [5.74, 6) is 1.85. The zero-order valence-corrected chi connectivity index (χ0v) is 21.2. The third-order valence-electron chi connectivity index (χ3n) is 8.09. The van der Waals surface area contributed by atoms with Crippen LogP contribution in [-0.2, 0) is 0 Å². The van der Waals surface area contributed by atoms with Crippen LogP contribution in [0.25, 0.3) is 20.8 Å². The summed E-state index contributed by atoms with van der Waals surface area (Å²) in [7, 11) is 0. The number of fused-ring (bicyclic) bond motifs is 1. The van der Waals surface area contributed by atoms with Crippen molar-refractivity contribution in [2.75, 3.05) is 31.5 Å². The Bertz CT molecular complexity index is 1170. The van der Waals surface area contributed by atoms with E-state index in [9.17, 15) is 4.79 Å². The van der Waals surface area contributed by atoms with Crippen molar-refractivity contribution in [3.63, 3.8) is 0 Å². The first-order valence-electron chi connectivity index (χ1n) is 13.5. The molecule has 0 spiro atoms. The second kappa shape index (κ2) is 10.4. The second-order valence-corrected chi connectivity index (χ2v) is 11.5. The Balaban J connectivity index is 1.29. The molecule has 1 atom stereocenters. The molecule has 0 bridgehead atoms. The van der Waals surface area contributed by atoms with E-state index in [1.54, 1.807) is 11.3 Å². The van der Waals surface area contributed by atoms with Crippen LogP contribution < -0.4 is 16.2 Å². The summed E-state index contributed by atoms with van der Waals surface area (Å²) in [6, 6.07) is 9.10. The second-order valence-electron chi connectivity index (χ2n) is 10.5. The summed E-state index contributed by atoms with van der Waals surface area (Å²) in [5, 5.41) is 7.85. The van der Waals surface area contributed by atoms with Crippen LogP contribution in [0.3, 0.4) is 0 Å². The number of rotatable bonds is 5.